The summed E-state index contributed by atoms with van der Waals surface area (Å²) in [4.78, 5) is 37.2. The van der Waals surface area contributed by atoms with Crippen molar-refractivity contribution in [1.82, 2.24) is 10.7 Å². The maximum absolute atomic E-state index is 12.7. The van der Waals surface area contributed by atoms with Crippen molar-refractivity contribution in [2.24, 2.45) is 5.10 Å². The van der Waals surface area contributed by atoms with E-state index in [4.69, 9.17) is 14.2 Å². The average molecular weight is 682 g/mol. The van der Waals surface area contributed by atoms with Crippen molar-refractivity contribution in [1.29, 1.82) is 0 Å². The zero-order valence-corrected chi connectivity index (χ0v) is 23.0. The Bertz CT molecular complexity index is 1380. The minimum atomic E-state index is -0.574. The Morgan fingerprint density at radius 3 is 2.56 bits per heavy atom. The van der Waals surface area contributed by atoms with E-state index >= 15 is 0 Å². The lowest BCUT2D eigenvalue weighted by Crippen LogP contribution is -2.34. The first-order chi connectivity index (χ1) is 17.3. The Labute approximate surface area is 230 Å². The fourth-order valence-corrected chi connectivity index (χ4v) is 4.86. The van der Waals surface area contributed by atoms with E-state index in [1.54, 1.807) is 48.5 Å². The zero-order valence-electron chi connectivity index (χ0n) is 18.2. The number of fused-ring (bicyclic) bond motifs is 1. The number of carbonyl (C=O) groups excluding carboxylic acids is 3. The number of ether oxygens (including phenoxy) is 3. The number of nitrogens with one attached hydrogen (secondary N) is 2. The molecule has 1 heterocycles. The van der Waals surface area contributed by atoms with Crippen LogP contribution in [0, 0.1) is 0 Å². The molecule has 184 valence electrons. The van der Waals surface area contributed by atoms with Crippen LogP contribution in [0.5, 0.6) is 17.2 Å². The Morgan fingerprint density at radius 2 is 1.75 bits per heavy atom. The highest BCUT2D eigenvalue weighted by molar-refractivity contribution is 9.11. The van der Waals surface area contributed by atoms with Crippen LogP contribution in [0.2, 0.25) is 0 Å². The molecular weight excluding hydrogens is 666 g/mol. The Kier molecular flexibility index (Phi) is 8.39. The SMILES string of the molecule is O=C(CNC(=O)c1ccc2c(c1)OCO2)N/N=C/c1cc(Br)cc(Br)c1OC(=O)c1ccccc1Br. The van der Waals surface area contributed by atoms with E-state index < -0.39 is 17.8 Å². The number of carbonyl (C=O) groups is 3. The van der Waals surface area contributed by atoms with Crippen LogP contribution < -0.4 is 25.0 Å². The van der Waals surface area contributed by atoms with Gasteiger partial charge in [0.05, 0.1) is 22.8 Å². The highest BCUT2D eigenvalue weighted by Gasteiger charge is 2.18. The number of rotatable bonds is 7. The second-order valence-corrected chi connectivity index (χ2v) is 9.84. The number of hydrogen-bond donors (Lipinski definition) is 2. The van der Waals surface area contributed by atoms with Crippen molar-refractivity contribution < 1.29 is 28.6 Å². The summed E-state index contributed by atoms with van der Waals surface area (Å²) in [5, 5.41) is 6.43. The predicted molar refractivity (Wildman–Crippen MR) is 142 cm³/mol. The summed E-state index contributed by atoms with van der Waals surface area (Å²) >= 11 is 10.1. The molecule has 0 saturated heterocycles. The molecule has 0 bridgehead atoms. The summed E-state index contributed by atoms with van der Waals surface area (Å²) in [6.07, 6.45) is 1.33. The standard InChI is InChI=1S/C24H16Br3N3O6/c25-15-7-14(22(18(27)9-15)36-24(33)16-3-1-2-4-17(16)26)10-29-30-21(31)11-28-23(32)13-5-6-19-20(8-13)35-12-34-19/h1-10H,11-12H2,(H,28,32)(H,30,31)/b29-10+. The molecule has 0 aliphatic carbocycles. The third kappa shape index (κ3) is 6.31. The van der Waals surface area contributed by atoms with Gasteiger partial charge in [-0.05, 0) is 74.3 Å². The van der Waals surface area contributed by atoms with Gasteiger partial charge >= 0.3 is 5.97 Å². The van der Waals surface area contributed by atoms with E-state index in [2.05, 4.69) is 63.6 Å². The maximum atomic E-state index is 12.7. The van der Waals surface area contributed by atoms with Gasteiger partial charge in [0.2, 0.25) is 6.79 Å². The third-order valence-corrected chi connectivity index (χ3v) is 6.50. The fraction of sp³-hybridized carbons (Fsp3) is 0.0833. The Hall–Kier alpha value is -3.22. The quantitative estimate of drug-likeness (QED) is 0.160. The molecule has 3 aromatic carbocycles. The second-order valence-electron chi connectivity index (χ2n) is 7.22. The summed E-state index contributed by atoms with van der Waals surface area (Å²) in [7, 11) is 0. The third-order valence-electron chi connectivity index (χ3n) is 4.76. The minimum absolute atomic E-state index is 0.0973. The number of halogens is 3. The Morgan fingerprint density at radius 1 is 0.972 bits per heavy atom. The monoisotopic (exact) mass is 679 g/mol. The van der Waals surface area contributed by atoms with Crippen LogP contribution in [-0.2, 0) is 4.79 Å². The highest BCUT2D eigenvalue weighted by Crippen LogP contribution is 2.34. The van der Waals surface area contributed by atoms with Crippen LogP contribution in [0.3, 0.4) is 0 Å². The number of esters is 1. The molecule has 36 heavy (non-hydrogen) atoms. The topological polar surface area (TPSA) is 115 Å². The smallest absolute Gasteiger partial charge is 0.344 e. The number of hydrogen-bond acceptors (Lipinski definition) is 7. The van der Waals surface area contributed by atoms with Crippen molar-refractivity contribution in [3.05, 3.63) is 84.7 Å². The number of amides is 2. The molecule has 0 atom stereocenters. The normalized spacial score (nSPS) is 11.9. The first kappa shape index (κ1) is 25.9. The molecular formula is C24H16Br3N3O6. The van der Waals surface area contributed by atoms with E-state index in [1.807, 2.05) is 0 Å². The molecule has 9 nitrogen and oxygen atoms in total. The zero-order chi connectivity index (χ0) is 25.7. The van der Waals surface area contributed by atoms with E-state index in [0.717, 1.165) is 0 Å². The highest BCUT2D eigenvalue weighted by atomic mass is 79.9. The van der Waals surface area contributed by atoms with Gasteiger partial charge in [-0.25, -0.2) is 10.2 Å². The van der Waals surface area contributed by atoms with E-state index in [-0.39, 0.29) is 19.1 Å². The molecule has 1 aliphatic rings. The van der Waals surface area contributed by atoms with Crippen LogP contribution in [0.4, 0.5) is 0 Å². The minimum Gasteiger partial charge on any atom is -0.454 e. The lowest BCUT2D eigenvalue weighted by Gasteiger charge is -2.11. The van der Waals surface area contributed by atoms with Gasteiger partial charge in [-0.1, -0.05) is 28.1 Å². The summed E-state index contributed by atoms with van der Waals surface area (Å²) in [5.74, 6) is -0.346. The first-order valence-electron chi connectivity index (χ1n) is 10.3. The van der Waals surface area contributed by atoms with Crippen molar-refractivity contribution >= 4 is 71.8 Å². The molecule has 0 radical (unpaired) electrons. The van der Waals surface area contributed by atoms with E-state index in [0.29, 0.717) is 41.6 Å². The summed E-state index contributed by atoms with van der Waals surface area (Å²) in [5.41, 5.74) is 3.42. The van der Waals surface area contributed by atoms with Crippen LogP contribution in [-0.4, -0.2) is 37.3 Å². The molecule has 0 spiro atoms. The van der Waals surface area contributed by atoms with Gasteiger partial charge in [-0.3, -0.25) is 9.59 Å². The van der Waals surface area contributed by atoms with Gasteiger partial charge in [0, 0.05) is 20.1 Å². The molecule has 0 aromatic heterocycles. The first-order valence-corrected chi connectivity index (χ1v) is 12.6. The molecule has 12 heteroatoms. The van der Waals surface area contributed by atoms with Crippen molar-refractivity contribution in [3.63, 3.8) is 0 Å². The van der Waals surface area contributed by atoms with Gasteiger partial charge in [0.25, 0.3) is 11.8 Å². The van der Waals surface area contributed by atoms with Crippen molar-refractivity contribution in [2.45, 2.75) is 0 Å². The maximum Gasteiger partial charge on any atom is 0.344 e. The molecule has 2 N–H and O–H groups in total. The van der Waals surface area contributed by atoms with E-state index in [9.17, 15) is 14.4 Å². The van der Waals surface area contributed by atoms with Crippen molar-refractivity contribution in [2.75, 3.05) is 13.3 Å². The van der Waals surface area contributed by atoms with Gasteiger partial charge < -0.3 is 19.5 Å². The molecule has 1 aliphatic heterocycles. The number of hydrazone groups is 1. The second kappa shape index (κ2) is 11.7. The molecule has 0 unspecified atom stereocenters. The summed E-state index contributed by atoms with van der Waals surface area (Å²) in [6.45, 7) is -0.212. The number of nitrogens with zero attached hydrogens (tertiary/aromatic N) is 1. The van der Waals surface area contributed by atoms with Crippen LogP contribution in [0.25, 0.3) is 0 Å². The van der Waals surface area contributed by atoms with Gasteiger partial charge in [-0.2, -0.15) is 5.10 Å². The fourth-order valence-electron chi connectivity index (χ4n) is 3.07. The Balaban J connectivity index is 1.38. The summed E-state index contributed by atoms with van der Waals surface area (Å²) in [6, 6.07) is 15.0. The summed E-state index contributed by atoms with van der Waals surface area (Å²) < 4.78 is 17.8. The molecule has 2 amide bonds. The van der Waals surface area contributed by atoms with Crippen LogP contribution in [0.1, 0.15) is 26.3 Å². The predicted octanol–water partition coefficient (Wildman–Crippen LogP) is 4.80. The van der Waals surface area contributed by atoms with Crippen LogP contribution >= 0.6 is 47.8 Å². The molecule has 0 saturated carbocycles. The molecule has 0 fully saturated rings. The van der Waals surface area contributed by atoms with Gasteiger partial charge in [0.1, 0.15) is 0 Å². The van der Waals surface area contributed by atoms with Gasteiger partial charge in [0.15, 0.2) is 17.2 Å². The van der Waals surface area contributed by atoms with E-state index in [1.165, 1.54) is 12.3 Å². The molecule has 3 aromatic rings. The largest absolute Gasteiger partial charge is 0.454 e. The van der Waals surface area contributed by atoms with Crippen molar-refractivity contribution in [3.8, 4) is 17.2 Å². The average Bonchev–Trinajstić information content (AvgIpc) is 3.32. The molecule has 4 rings (SSSR count). The number of benzene rings is 3. The van der Waals surface area contributed by atoms with Crippen LogP contribution in [0.15, 0.2) is 73.1 Å². The van der Waals surface area contributed by atoms with Gasteiger partial charge in [-0.15, -0.1) is 0 Å². The lowest BCUT2D eigenvalue weighted by atomic mass is 10.2. The lowest BCUT2D eigenvalue weighted by molar-refractivity contribution is -0.120.